The fourth-order valence-electron chi connectivity index (χ4n) is 3.56. The molecule has 1 amide bonds. The quantitative estimate of drug-likeness (QED) is 0.472. The number of hydrogen-bond donors (Lipinski definition) is 1. The van der Waals surface area contributed by atoms with Crippen LogP contribution in [0.4, 0.5) is 5.69 Å². The number of nitrogens with zero attached hydrogens (tertiary/aromatic N) is 3. The Labute approximate surface area is 171 Å². The molecule has 0 atom stereocenters. The first kappa shape index (κ1) is 19.1. The van der Waals surface area contributed by atoms with Gasteiger partial charge in [-0.1, -0.05) is 30.3 Å². The highest BCUT2D eigenvalue weighted by atomic mass is 16.2. The van der Waals surface area contributed by atoms with Gasteiger partial charge in [-0.2, -0.15) is 5.10 Å². The summed E-state index contributed by atoms with van der Waals surface area (Å²) in [6, 6.07) is 17.9. The van der Waals surface area contributed by atoms with Crippen LogP contribution in [-0.4, -0.2) is 30.2 Å². The molecule has 0 bridgehead atoms. The van der Waals surface area contributed by atoms with Gasteiger partial charge in [0.25, 0.3) is 5.91 Å². The van der Waals surface area contributed by atoms with E-state index < -0.39 is 0 Å². The van der Waals surface area contributed by atoms with Crippen LogP contribution >= 0.6 is 0 Å². The van der Waals surface area contributed by atoms with Crippen molar-refractivity contribution in [1.82, 2.24) is 10.4 Å². The van der Waals surface area contributed by atoms with Gasteiger partial charge in [0.1, 0.15) is 0 Å². The monoisotopic (exact) mass is 386 g/mol. The van der Waals surface area contributed by atoms with Crippen LogP contribution in [0, 0.1) is 0 Å². The molecule has 4 rings (SSSR count). The van der Waals surface area contributed by atoms with E-state index in [1.807, 2.05) is 42.5 Å². The lowest BCUT2D eigenvalue weighted by Gasteiger charge is -2.20. The summed E-state index contributed by atoms with van der Waals surface area (Å²) in [4.78, 5) is 19.8. The van der Waals surface area contributed by atoms with Crippen LogP contribution < -0.4 is 10.3 Å². The molecule has 1 fully saturated rings. The van der Waals surface area contributed by atoms with E-state index in [0.29, 0.717) is 11.5 Å². The molecule has 2 aromatic carbocycles. The number of nitrogens with one attached hydrogen (secondary N) is 1. The molecule has 29 heavy (non-hydrogen) atoms. The van der Waals surface area contributed by atoms with Gasteiger partial charge in [0.05, 0.1) is 17.3 Å². The molecule has 1 aromatic heterocycles. The molecule has 3 aromatic rings. The number of fused-ring (bicyclic) bond motifs is 1. The molecule has 0 radical (unpaired) electrons. The Hall–Kier alpha value is -3.21. The van der Waals surface area contributed by atoms with Crippen LogP contribution in [0.3, 0.4) is 0 Å². The minimum atomic E-state index is -0.207. The molecule has 1 aliphatic rings. The van der Waals surface area contributed by atoms with Crippen molar-refractivity contribution in [3.05, 3.63) is 71.4 Å². The minimum absolute atomic E-state index is 0.207. The average molecular weight is 386 g/mol. The fraction of sp³-hybridized carbons (Fsp3) is 0.292. The number of benzene rings is 2. The summed E-state index contributed by atoms with van der Waals surface area (Å²) in [5.74, 6) is 0.278. The van der Waals surface area contributed by atoms with Crippen LogP contribution in [-0.2, 0) is 0 Å². The topological polar surface area (TPSA) is 57.6 Å². The number of para-hydroxylation sites is 1. The zero-order valence-electron chi connectivity index (χ0n) is 16.9. The molecule has 0 unspecified atom stereocenters. The lowest BCUT2D eigenvalue weighted by atomic mass is 10.1. The van der Waals surface area contributed by atoms with E-state index in [-0.39, 0.29) is 5.91 Å². The van der Waals surface area contributed by atoms with E-state index in [4.69, 9.17) is 4.98 Å². The molecular formula is C24H26N4O. The zero-order valence-corrected chi connectivity index (χ0v) is 16.9. The third-order valence-corrected chi connectivity index (χ3v) is 5.38. The first-order valence-corrected chi connectivity index (χ1v) is 10.3. The molecule has 0 spiro atoms. The zero-order chi connectivity index (χ0) is 20.2. The van der Waals surface area contributed by atoms with Gasteiger partial charge in [0.15, 0.2) is 0 Å². The Morgan fingerprint density at radius 1 is 1.14 bits per heavy atom. The highest BCUT2D eigenvalue weighted by Gasteiger charge is 2.26. The Balaban J connectivity index is 1.50. The predicted molar refractivity (Wildman–Crippen MR) is 119 cm³/mol. The van der Waals surface area contributed by atoms with Crippen LogP contribution in [0.1, 0.15) is 54.2 Å². The number of pyridine rings is 1. The molecule has 1 aliphatic carbocycles. The number of hydrazone groups is 1. The van der Waals surface area contributed by atoms with Gasteiger partial charge in [0, 0.05) is 35.8 Å². The Kier molecular flexibility index (Phi) is 5.56. The largest absolute Gasteiger partial charge is 0.372 e. The fourth-order valence-corrected chi connectivity index (χ4v) is 3.56. The van der Waals surface area contributed by atoms with Gasteiger partial charge >= 0.3 is 0 Å². The van der Waals surface area contributed by atoms with E-state index in [2.05, 4.69) is 41.4 Å². The standard InChI is InChI=1S/C24H26N4O/c1-3-28(4-2)19-13-9-17(10-14-19)16-25-27-24(29)21-15-23(18-11-12-18)26-22-8-6-5-7-20(21)22/h5-10,13-16,18H,3-4,11-12H2,1-2H3,(H,27,29). The first-order valence-electron chi connectivity index (χ1n) is 10.3. The summed E-state index contributed by atoms with van der Waals surface area (Å²) in [5.41, 5.74) is 7.30. The smallest absolute Gasteiger partial charge is 0.272 e. The second-order valence-corrected chi connectivity index (χ2v) is 7.35. The normalized spacial score (nSPS) is 13.7. The molecule has 148 valence electrons. The highest BCUT2D eigenvalue weighted by molar-refractivity contribution is 6.06. The van der Waals surface area contributed by atoms with Gasteiger partial charge in [-0.3, -0.25) is 9.78 Å². The van der Waals surface area contributed by atoms with Crippen molar-refractivity contribution < 1.29 is 4.79 Å². The summed E-state index contributed by atoms with van der Waals surface area (Å²) in [5, 5.41) is 5.03. The Morgan fingerprint density at radius 2 is 1.86 bits per heavy atom. The van der Waals surface area contributed by atoms with E-state index in [1.54, 1.807) is 6.21 Å². The third kappa shape index (κ3) is 4.29. The molecule has 1 saturated carbocycles. The second-order valence-electron chi connectivity index (χ2n) is 7.35. The lowest BCUT2D eigenvalue weighted by molar-refractivity contribution is 0.0956. The van der Waals surface area contributed by atoms with Crippen molar-refractivity contribution in [2.24, 2.45) is 5.10 Å². The minimum Gasteiger partial charge on any atom is -0.372 e. The van der Waals surface area contributed by atoms with Crippen LogP contribution in [0.2, 0.25) is 0 Å². The van der Waals surface area contributed by atoms with E-state index in [0.717, 1.165) is 48.1 Å². The van der Waals surface area contributed by atoms with Crippen molar-refractivity contribution >= 4 is 28.7 Å². The van der Waals surface area contributed by atoms with Gasteiger partial charge in [-0.05, 0) is 56.5 Å². The van der Waals surface area contributed by atoms with Crippen molar-refractivity contribution in [3.8, 4) is 0 Å². The maximum absolute atomic E-state index is 12.8. The number of amides is 1. The Bertz CT molecular complexity index is 1030. The van der Waals surface area contributed by atoms with Crippen molar-refractivity contribution in [2.75, 3.05) is 18.0 Å². The summed E-state index contributed by atoms with van der Waals surface area (Å²) < 4.78 is 0. The second kappa shape index (κ2) is 8.43. The predicted octanol–water partition coefficient (Wildman–Crippen LogP) is 4.72. The van der Waals surface area contributed by atoms with E-state index >= 15 is 0 Å². The number of rotatable bonds is 7. The summed E-state index contributed by atoms with van der Waals surface area (Å²) in [6.45, 7) is 6.24. The first-order chi connectivity index (χ1) is 14.2. The van der Waals surface area contributed by atoms with Crippen LogP contribution in [0.5, 0.6) is 0 Å². The molecule has 5 heteroatoms. The molecule has 1 N–H and O–H groups in total. The molecule has 1 heterocycles. The van der Waals surface area contributed by atoms with Gasteiger partial charge in [-0.25, -0.2) is 5.43 Å². The van der Waals surface area contributed by atoms with E-state index in [9.17, 15) is 4.79 Å². The molecule has 0 saturated heterocycles. The van der Waals surface area contributed by atoms with Crippen molar-refractivity contribution in [3.63, 3.8) is 0 Å². The number of hydrogen-bond acceptors (Lipinski definition) is 4. The summed E-state index contributed by atoms with van der Waals surface area (Å²) in [6.07, 6.45) is 3.97. The van der Waals surface area contributed by atoms with Gasteiger partial charge in [0.2, 0.25) is 0 Å². The van der Waals surface area contributed by atoms with Gasteiger partial charge in [-0.15, -0.1) is 0 Å². The SMILES string of the molecule is CCN(CC)c1ccc(C=NNC(=O)c2cc(C3CC3)nc3ccccc23)cc1. The number of carbonyl (C=O) groups excluding carboxylic acids is 1. The van der Waals surface area contributed by atoms with Crippen molar-refractivity contribution in [1.29, 1.82) is 0 Å². The van der Waals surface area contributed by atoms with Crippen LogP contribution in [0.15, 0.2) is 59.7 Å². The molecule has 0 aliphatic heterocycles. The number of aromatic nitrogens is 1. The van der Waals surface area contributed by atoms with Gasteiger partial charge < -0.3 is 4.90 Å². The average Bonchev–Trinajstić information content (AvgIpc) is 3.60. The van der Waals surface area contributed by atoms with Crippen LogP contribution in [0.25, 0.3) is 10.9 Å². The Morgan fingerprint density at radius 3 is 2.55 bits per heavy atom. The maximum Gasteiger partial charge on any atom is 0.272 e. The molecule has 5 nitrogen and oxygen atoms in total. The lowest BCUT2D eigenvalue weighted by Crippen LogP contribution is -2.21. The third-order valence-electron chi connectivity index (χ3n) is 5.38. The highest BCUT2D eigenvalue weighted by Crippen LogP contribution is 2.40. The maximum atomic E-state index is 12.8. The molecular weight excluding hydrogens is 360 g/mol. The summed E-state index contributed by atoms with van der Waals surface area (Å²) in [7, 11) is 0. The van der Waals surface area contributed by atoms with E-state index in [1.165, 1.54) is 5.69 Å². The number of anilines is 1. The van der Waals surface area contributed by atoms with Crippen molar-refractivity contribution in [2.45, 2.75) is 32.6 Å². The summed E-state index contributed by atoms with van der Waals surface area (Å²) >= 11 is 0. The number of carbonyl (C=O) groups is 1.